The first-order valence-corrected chi connectivity index (χ1v) is 8.36. The maximum absolute atomic E-state index is 11.8. The van der Waals surface area contributed by atoms with Gasteiger partial charge in [0.2, 0.25) is 5.91 Å². The van der Waals surface area contributed by atoms with Gasteiger partial charge in [0.05, 0.1) is 11.6 Å². The van der Waals surface area contributed by atoms with E-state index >= 15 is 0 Å². The summed E-state index contributed by atoms with van der Waals surface area (Å²) in [6.07, 6.45) is 0. The number of aryl methyl sites for hydroxylation is 1. The second-order valence-corrected chi connectivity index (χ2v) is 6.25. The van der Waals surface area contributed by atoms with Gasteiger partial charge < -0.3 is 15.4 Å². The molecule has 0 saturated heterocycles. The van der Waals surface area contributed by atoms with E-state index in [-0.39, 0.29) is 19.1 Å². The van der Waals surface area contributed by atoms with Gasteiger partial charge in [0.25, 0.3) is 5.91 Å². The third kappa shape index (κ3) is 6.64. The molecule has 0 aliphatic carbocycles. The van der Waals surface area contributed by atoms with Gasteiger partial charge in [-0.25, -0.2) is 0 Å². The van der Waals surface area contributed by atoms with Crippen LogP contribution in [0.2, 0.25) is 10.0 Å². The Hall–Kier alpha value is -2.24. The summed E-state index contributed by atoms with van der Waals surface area (Å²) in [6, 6.07) is 12.5. The molecule has 0 aromatic heterocycles. The molecule has 7 heteroatoms. The van der Waals surface area contributed by atoms with Crippen LogP contribution < -0.4 is 15.4 Å². The van der Waals surface area contributed by atoms with Gasteiger partial charge in [0.15, 0.2) is 6.61 Å². The molecular formula is C18H18Cl2N2O3. The van der Waals surface area contributed by atoms with Crippen LogP contribution in [-0.4, -0.2) is 25.0 Å². The van der Waals surface area contributed by atoms with Crippen molar-refractivity contribution in [3.63, 3.8) is 0 Å². The fourth-order valence-electron chi connectivity index (χ4n) is 1.93. The number of amides is 2. The molecule has 0 spiro atoms. The average molecular weight is 381 g/mol. The molecule has 0 unspecified atom stereocenters. The van der Waals surface area contributed by atoms with Crippen molar-refractivity contribution in [2.45, 2.75) is 13.5 Å². The number of hydrogen-bond donors (Lipinski definition) is 2. The summed E-state index contributed by atoms with van der Waals surface area (Å²) in [5.41, 5.74) is 2.15. The Morgan fingerprint density at radius 1 is 1.00 bits per heavy atom. The molecule has 0 aliphatic heterocycles. The van der Waals surface area contributed by atoms with E-state index in [9.17, 15) is 9.59 Å². The smallest absolute Gasteiger partial charge is 0.258 e. The van der Waals surface area contributed by atoms with Crippen molar-refractivity contribution in [3.05, 3.63) is 63.6 Å². The minimum atomic E-state index is -0.420. The second kappa shape index (κ2) is 9.30. The summed E-state index contributed by atoms with van der Waals surface area (Å²) in [5.74, 6) is -0.347. The predicted molar refractivity (Wildman–Crippen MR) is 98.0 cm³/mol. The first-order valence-electron chi connectivity index (χ1n) is 7.61. The molecular weight excluding hydrogens is 363 g/mol. The lowest BCUT2D eigenvalue weighted by Gasteiger charge is -2.09. The summed E-state index contributed by atoms with van der Waals surface area (Å²) in [5, 5.41) is 6.01. The van der Waals surface area contributed by atoms with Gasteiger partial charge in [-0.2, -0.15) is 0 Å². The summed E-state index contributed by atoms with van der Waals surface area (Å²) >= 11 is 11.7. The lowest BCUT2D eigenvalue weighted by atomic mass is 10.1. The monoisotopic (exact) mass is 380 g/mol. The summed E-state index contributed by atoms with van der Waals surface area (Å²) in [7, 11) is 0. The summed E-state index contributed by atoms with van der Waals surface area (Å²) in [4.78, 5) is 23.5. The second-order valence-electron chi connectivity index (χ2n) is 5.40. The van der Waals surface area contributed by atoms with Crippen LogP contribution in [0.25, 0.3) is 0 Å². The maximum Gasteiger partial charge on any atom is 0.258 e. The molecule has 0 saturated carbocycles. The van der Waals surface area contributed by atoms with E-state index in [0.717, 1.165) is 11.1 Å². The highest BCUT2D eigenvalue weighted by Gasteiger charge is 2.08. The number of nitrogens with one attached hydrogen (secondary N) is 2. The van der Waals surface area contributed by atoms with E-state index in [4.69, 9.17) is 27.9 Å². The van der Waals surface area contributed by atoms with Crippen molar-refractivity contribution < 1.29 is 14.3 Å². The Morgan fingerprint density at radius 3 is 2.40 bits per heavy atom. The van der Waals surface area contributed by atoms with E-state index < -0.39 is 5.91 Å². The van der Waals surface area contributed by atoms with Crippen LogP contribution in [0.15, 0.2) is 42.5 Å². The van der Waals surface area contributed by atoms with Crippen molar-refractivity contribution in [1.29, 1.82) is 0 Å². The van der Waals surface area contributed by atoms with Gasteiger partial charge in [-0.15, -0.1) is 0 Å². The summed E-state index contributed by atoms with van der Waals surface area (Å²) < 4.78 is 5.29. The predicted octanol–water partition coefficient (Wildman–Crippen LogP) is 3.11. The molecule has 2 amide bonds. The highest BCUT2D eigenvalue weighted by molar-refractivity contribution is 6.35. The number of halogens is 2. The quantitative estimate of drug-likeness (QED) is 0.775. The van der Waals surface area contributed by atoms with Gasteiger partial charge in [0, 0.05) is 11.6 Å². The first-order chi connectivity index (χ1) is 11.9. The Labute approximate surface area is 156 Å². The van der Waals surface area contributed by atoms with Crippen molar-refractivity contribution in [1.82, 2.24) is 10.6 Å². The maximum atomic E-state index is 11.8. The SMILES string of the molecule is Cc1ccc(CNC(=O)CNC(=O)COc2ccc(Cl)cc2Cl)cc1. The van der Waals surface area contributed by atoms with Crippen LogP contribution in [0.5, 0.6) is 5.75 Å². The highest BCUT2D eigenvalue weighted by atomic mass is 35.5. The highest BCUT2D eigenvalue weighted by Crippen LogP contribution is 2.27. The molecule has 0 bridgehead atoms. The van der Waals surface area contributed by atoms with Crippen molar-refractivity contribution >= 4 is 35.0 Å². The third-order valence-corrected chi connectivity index (χ3v) is 3.84. The molecule has 5 nitrogen and oxygen atoms in total. The van der Waals surface area contributed by atoms with E-state index in [1.165, 1.54) is 6.07 Å². The standard InChI is InChI=1S/C18H18Cl2N2O3/c1-12-2-4-13(5-3-12)9-21-17(23)10-22-18(24)11-25-16-7-6-14(19)8-15(16)20/h2-8H,9-11H2,1H3,(H,21,23)(H,22,24). The number of hydrogen-bond acceptors (Lipinski definition) is 3. The number of carbonyl (C=O) groups excluding carboxylic acids is 2. The molecule has 2 rings (SSSR count). The Morgan fingerprint density at radius 2 is 1.72 bits per heavy atom. The van der Waals surface area contributed by atoms with Crippen molar-refractivity contribution in [2.24, 2.45) is 0 Å². The first kappa shape index (κ1) is 19.1. The van der Waals surface area contributed by atoms with E-state index in [2.05, 4.69) is 10.6 Å². The fraction of sp³-hybridized carbons (Fsp3) is 0.222. The van der Waals surface area contributed by atoms with E-state index in [1.54, 1.807) is 12.1 Å². The van der Waals surface area contributed by atoms with E-state index in [0.29, 0.717) is 22.3 Å². The normalized spacial score (nSPS) is 10.2. The molecule has 0 radical (unpaired) electrons. The number of benzene rings is 2. The fourth-order valence-corrected chi connectivity index (χ4v) is 2.40. The zero-order chi connectivity index (χ0) is 18.2. The molecule has 0 atom stereocenters. The van der Waals surface area contributed by atoms with Crippen LogP contribution in [0.4, 0.5) is 0 Å². The number of rotatable bonds is 7. The van der Waals surface area contributed by atoms with Gasteiger partial charge in [-0.1, -0.05) is 53.0 Å². The van der Waals surface area contributed by atoms with Crippen LogP contribution in [0.3, 0.4) is 0 Å². The average Bonchev–Trinajstić information content (AvgIpc) is 2.58. The molecule has 0 aliphatic rings. The minimum absolute atomic E-state index is 0.123. The lowest BCUT2D eigenvalue weighted by Crippen LogP contribution is -2.38. The van der Waals surface area contributed by atoms with Gasteiger partial charge in [-0.3, -0.25) is 9.59 Å². The van der Waals surface area contributed by atoms with E-state index in [1.807, 2.05) is 31.2 Å². The van der Waals surface area contributed by atoms with Crippen molar-refractivity contribution in [2.75, 3.05) is 13.2 Å². The molecule has 2 aromatic rings. The van der Waals surface area contributed by atoms with Crippen LogP contribution in [-0.2, 0) is 16.1 Å². The van der Waals surface area contributed by atoms with Crippen LogP contribution in [0, 0.1) is 6.92 Å². The van der Waals surface area contributed by atoms with Gasteiger partial charge >= 0.3 is 0 Å². The lowest BCUT2D eigenvalue weighted by molar-refractivity contribution is -0.127. The zero-order valence-electron chi connectivity index (χ0n) is 13.6. The number of ether oxygens (including phenoxy) is 1. The topological polar surface area (TPSA) is 67.4 Å². The zero-order valence-corrected chi connectivity index (χ0v) is 15.2. The van der Waals surface area contributed by atoms with Crippen LogP contribution >= 0.6 is 23.2 Å². The minimum Gasteiger partial charge on any atom is -0.482 e. The Bertz CT molecular complexity index is 748. The Balaban J connectivity index is 1.68. The van der Waals surface area contributed by atoms with Gasteiger partial charge in [-0.05, 0) is 30.7 Å². The molecule has 2 aromatic carbocycles. The molecule has 2 N–H and O–H groups in total. The summed E-state index contributed by atoms with van der Waals surface area (Å²) in [6.45, 7) is 2.04. The Kier molecular flexibility index (Phi) is 7.10. The molecule has 25 heavy (non-hydrogen) atoms. The van der Waals surface area contributed by atoms with Crippen molar-refractivity contribution in [3.8, 4) is 5.75 Å². The molecule has 0 fully saturated rings. The molecule has 132 valence electrons. The largest absolute Gasteiger partial charge is 0.482 e. The third-order valence-electron chi connectivity index (χ3n) is 3.31. The van der Waals surface area contributed by atoms with Gasteiger partial charge in [0.1, 0.15) is 5.75 Å². The molecule has 0 heterocycles. The van der Waals surface area contributed by atoms with Crippen LogP contribution in [0.1, 0.15) is 11.1 Å². The number of carbonyl (C=O) groups is 2.